The van der Waals surface area contributed by atoms with Gasteiger partial charge in [0.1, 0.15) is 12.6 Å². The second-order valence-corrected chi connectivity index (χ2v) is 2.92. The van der Waals surface area contributed by atoms with Crippen LogP contribution in [0, 0.1) is 0 Å². The first kappa shape index (κ1) is 19.8. The van der Waals surface area contributed by atoms with E-state index < -0.39 is 43.4 Å². The van der Waals surface area contributed by atoms with E-state index in [9.17, 15) is 31.1 Å². The topological polar surface area (TPSA) is 113 Å². The quantitative estimate of drug-likeness (QED) is 0.531. The molecular formula is C7H10F6N2O4. The minimum absolute atomic E-state index is 0.677. The van der Waals surface area contributed by atoms with Gasteiger partial charge in [-0.05, 0) is 0 Å². The fraction of sp³-hybridized carbons (Fsp3) is 0.714. The van der Waals surface area contributed by atoms with Crippen molar-refractivity contribution in [3.8, 4) is 0 Å². The second-order valence-electron chi connectivity index (χ2n) is 2.92. The van der Waals surface area contributed by atoms with Crippen molar-refractivity contribution in [3.63, 3.8) is 0 Å². The lowest BCUT2D eigenvalue weighted by Crippen LogP contribution is -2.45. The molecule has 6 nitrogen and oxygen atoms in total. The molecule has 0 aromatic rings. The van der Waals surface area contributed by atoms with Crippen LogP contribution in [-0.4, -0.2) is 53.6 Å². The molecule has 0 spiro atoms. The molecule has 1 atom stereocenters. The SMILES string of the molecule is NC(CO)C(=O)NCC(F)(F)F.O=C(O)C(F)(F)F. The number of hydrogen-bond acceptors (Lipinski definition) is 4. The van der Waals surface area contributed by atoms with Crippen LogP contribution in [0.5, 0.6) is 0 Å². The molecule has 0 aliphatic carbocycles. The maximum Gasteiger partial charge on any atom is 0.490 e. The molecule has 0 aliphatic rings. The Bertz CT molecular complexity index is 303. The number of aliphatic hydroxyl groups is 1. The van der Waals surface area contributed by atoms with Gasteiger partial charge in [-0.25, -0.2) is 4.79 Å². The van der Waals surface area contributed by atoms with E-state index in [1.54, 1.807) is 0 Å². The van der Waals surface area contributed by atoms with Crippen molar-refractivity contribution >= 4 is 11.9 Å². The van der Waals surface area contributed by atoms with Crippen LogP contribution in [0.1, 0.15) is 0 Å². The van der Waals surface area contributed by atoms with Gasteiger partial charge in [-0.3, -0.25) is 4.79 Å². The van der Waals surface area contributed by atoms with Gasteiger partial charge in [0.15, 0.2) is 0 Å². The van der Waals surface area contributed by atoms with E-state index in [2.05, 4.69) is 0 Å². The Morgan fingerprint density at radius 3 is 1.74 bits per heavy atom. The highest BCUT2D eigenvalue weighted by molar-refractivity contribution is 5.81. The molecule has 0 fully saturated rings. The number of alkyl halides is 6. The number of carboxylic acids is 1. The van der Waals surface area contributed by atoms with E-state index in [0.717, 1.165) is 0 Å². The van der Waals surface area contributed by atoms with Crippen LogP contribution < -0.4 is 11.1 Å². The van der Waals surface area contributed by atoms with Crippen LogP contribution in [0.15, 0.2) is 0 Å². The summed E-state index contributed by atoms with van der Waals surface area (Å²) < 4.78 is 66.1. The monoisotopic (exact) mass is 300 g/mol. The zero-order valence-electron chi connectivity index (χ0n) is 9.05. The third-order valence-corrected chi connectivity index (χ3v) is 1.24. The number of nitrogens with two attached hydrogens (primary N) is 1. The Balaban J connectivity index is 0. The molecule has 0 aromatic heterocycles. The molecule has 0 saturated heterocycles. The van der Waals surface area contributed by atoms with E-state index in [1.807, 2.05) is 0 Å². The number of rotatable bonds is 3. The van der Waals surface area contributed by atoms with Gasteiger partial charge in [-0.15, -0.1) is 0 Å². The third kappa shape index (κ3) is 12.7. The van der Waals surface area contributed by atoms with Gasteiger partial charge >= 0.3 is 18.3 Å². The van der Waals surface area contributed by atoms with Gasteiger partial charge in [0, 0.05) is 0 Å². The largest absolute Gasteiger partial charge is 0.490 e. The summed E-state index contributed by atoms with van der Waals surface area (Å²) >= 11 is 0. The summed E-state index contributed by atoms with van der Waals surface area (Å²) in [5.41, 5.74) is 4.92. The summed E-state index contributed by atoms with van der Waals surface area (Å²) in [4.78, 5) is 19.4. The third-order valence-electron chi connectivity index (χ3n) is 1.24. The maximum atomic E-state index is 11.5. The molecule has 0 rings (SSSR count). The number of carbonyl (C=O) groups is 2. The van der Waals surface area contributed by atoms with Gasteiger partial charge < -0.3 is 21.3 Å². The van der Waals surface area contributed by atoms with Gasteiger partial charge in [0.25, 0.3) is 0 Å². The van der Waals surface area contributed by atoms with Gasteiger partial charge in [-0.2, -0.15) is 26.3 Å². The number of halogens is 6. The normalized spacial score (nSPS) is 13.1. The molecule has 0 bridgehead atoms. The molecule has 0 heterocycles. The van der Waals surface area contributed by atoms with Crippen molar-refractivity contribution in [2.45, 2.75) is 18.4 Å². The molecule has 114 valence electrons. The average Bonchev–Trinajstić information content (AvgIpc) is 2.23. The minimum atomic E-state index is -5.08. The van der Waals surface area contributed by atoms with Crippen molar-refractivity contribution in [2.75, 3.05) is 13.2 Å². The number of carboxylic acid groups (broad SMARTS) is 1. The fourth-order valence-electron chi connectivity index (χ4n) is 0.401. The lowest BCUT2D eigenvalue weighted by Gasteiger charge is -2.10. The van der Waals surface area contributed by atoms with Gasteiger partial charge in [0.05, 0.1) is 6.61 Å². The summed E-state index contributed by atoms with van der Waals surface area (Å²) in [5.74, 6) is -3.78. The lowest BCUT2D eigenvalue weighted by atomic mass is 10.3. The Hall–Kier alpha value is -1.56. The van der Waals surface area contributed by atoms with Crippen LogP contribution in [-0.2, 0) is 9.59 Å². The zero-order valence-corrected chi connectivity index (χ0v) is 9.05. The zero-order chi connectivity index (χ0) is 15.9. The molecule has 12 heteroatoms. The molecule has 1 unspecified atom stereocenters. The Morgan fingerprint density at radius 2 is 1.53 bits per heavy atom. The average molecular weight is 300 g/mol. The van der Waals surface area contributed by atoms with Crippen molar-refractivity contribution in [2.24, 2.45) is 5.73 Å². The predicted octanol–water partition coefficient (Wildman–Crippen LogP) is -0.382. The van der Waals surface area contributed by atoms with E-state index in [1.165, 1.54) is 5.32 Å². The van der Waals surface area contributed by atoms with Crippen molar-refractivity contribution in [1.82, 2.24) is 5.32 Å². The molecule has 5 N–H and O–H groups in total. The highest BCUT2D eigenvalue weighted by atomic mass is 19.4. The summed E-state index contributed by atoms with van der Waals surface area (Å²) in [6.45, 7) is -2.11. The van der Waals surface area contributed by atoms with Crippen molar-refractivity contribution in [1.29, 1.82) is 0 Å². The molecule has 0 saturated carbocycles. The van der Waals surface area contributed by atoms with Gasteiger partial charge in [0.2, 0.25) is 5.91 Å². The van der Waals surface area contributed by atoms with Crippen LogP contribution in [0.25, 0.3) is 0 Å². The van der Waals surface area contributed by atoms with E-state index in [4.69, 9.17) is 20.7 Å². The molecule has 0 aliphatic heterocycles. The summed E-state index contributed by atoms with van der Waals surface area (Å²) in [5, 5.41) is 16.9. The molecule has 1 amide bonds. The smallest absolute Gasteiger partial charge is 0.475 e. The number of aliphatic carboxylic acids is 1. The standard InChI is InChI=1S/C5H9F3N2O2.C2HF3O2/c6-5(7,8)2-10-4(12)3(9)1-11;3-2(4,5)1(6)7/h3,11H,1-2,9H2,(H,10,12);(H,6,7). The first-order chi connectivity index (χ1) is 8.31. The molecule has 0 radical (unpaired) electrons. The van der Waals surface area contributed by atoms with E-state index >= 15 is 0 Å². The highest BCUT2D eigenvalue weighted by Crippen LogP contribution is 2.13. The summed E-state index contributed by atoms with van der Waals surface area (Å²) in [7, 11) is 0. The Kier molecular flexibility index (Phi) is 8.10. The summed E-state index contributed by atoms with van der Waals surface area (Å²) in [6.07, 6.45) is -9.54. The number of amides is 1. The maximum absolute atomic E-state index is 11.5. The van der Waals surface area contributed by atoms with Crippen LogP contribution >= 0.6 is 0 Å². The highest BCUT2D eigenvalue weighted by Gasteiger charge is 2.38. The van der Waals surface area contributed by atoms with Crippen LogP contribution in [0.4, 0.5) is 26.3 Å². The number of nitrogens with one attached hydrogen (secondary N) is 1. The Labute approximate surface area is 102 Å². The van der Waals surface area contributed by atoms with Crippen LogP contribution in [0.3, 0.4) is 0 Å². The number of aliphatic hydroxyl groups excluding tert-OH is 1. The minimum Gasteiger partial charge on any atom is -0.475 e. The molecular weight excluding hydrogens is 290 g/mol. The van der Waals surface area contributed by atoms with Gasteiger partial charge in [-0.1, -0.05) is 0 Å². The summed E-state index contributed by atoms with van der Waals surface area (Å²) in [6, 6.07) is -1.30. The molecule has 0 aromatic carbocycles. The van der Waals surface area contributed by atoms with E-state index in [-0.39, 0.29) is 0 Å². The Morgan fingerprint density at radius 1 is 1.16 bits per heavy atom. The number of hydrogen-bond donors (Lipinski definition) is 4. The van der Waals surface area contributed by atoms with E-state index in [0.29, 0.717) is 0 Å². The fourth-order valence-corrected chi connectivity index (χ4v) is 0.401. The lowest BCUT2D eigenvalue weighted by molar-refractivity contribution is -0.192. The first-order valence-electron chi connectivity index (χ1n) is 4.32. The second kappa shape index (κ2) is 7.78. The predicted molar refractivity (Wildman–Crippen MR) is 47.8 cm³/mol. The first-order valence-corrected chi connectivity index (χ1v) is 4.32. The molecule has 19 heavy (non-hydrogen) atoms. The van der Waals surface area contributed by atoms with Crippen LogP contribution in [0.2, 0.25) is 0 Å². The number of carbonyl (C=O) groups excluding carboxylic acids is 1. The van der Waals surface area contributed by atoms with Crippen molar-refractivity contribution < 1.29 is 46.1 Å². The van der Waals surface area contributed by atoms with Crippen molar-refractivity contribution in [3.05, 3.63) is 0 Å².